The van der Waals surface area contributed by atoms with Gasteiger partial charge in [-0.05, 0) is 47.5 Å². The molecular formula is C16H18BrNO2. The van der Waals surface area contributed by atoms with Crippen molar-refractivity contribution >= 4 is 21.6 Å². The molecule has 0 aliphatic rings. The first-order valence-corrected chi connectivity index (χ1v) is 7.18. The maximum absolute atomic E-state index is 9.98. The number of hydrogen-bond acceptors (Lipinski definition) is 3. The first-order valence-electron chi connectivity index (χ1n) is 6.39. The van der Waals surface area contributed by atoms with Gasteiger partial charge >= 0.3 is 0 Å². The standard InChI is InChI=1S/C16H18BrNO2/c1-10-7-8-14(11(2)16(10)20-3)18-9-12-5-4-6-13(17)15(12)19/h4-8,18-19H,9H2,1-3H3. The zero-order valence-electron chi connectivity index (χ0n) is 11.8. The summed E-state index contributed by atoms with van der Waals surface area (Å²) in [6, 6.07) is 9.67. The highest BCUT2D eigenvalue weighted by Crippen LogP contribution is 2.31. The Morgan fingerprint density at radius 3 is 2.65 bits per heavy atom. The first kappa shape index (κ1) is 14.7. The highest BCUT2D eigenvalue weighted by molar-refractivity contribution is 9.10. The van der Waals surface area contributed by atoms with E-state index in [1.165, 1.54) is 0 Å². The quantitative estimate of drug-likeness (QED) is 0.870. The van der Waals surface area contributed by atoms with Crippen LogP contribution in [0.1, 0.15) is 16.7 Å². The minimum atomic E-state index is 0.275. The summed E-state index contributed by atoms with van der Waals surface area (Å²) >= 11 is 3.32. The molecule has 2 aromatic carbocycles. The van der Waals surface area contributed by atoms with Gasteiger partial charge in [0.15, 0.2) is 0 Å². The van der Waals surface area contributed by atoms with Crippen LogP contribution in [0, 0.1) is 13.8 Å². The van der Waals surface area contributed by atoms with Crippen molar-refractivity contribution < 1.29 is 9.84 Å². The molecule has 0 saturated carbocycles. The van der Waals surface area contributed by atoms with Crippen LogP contribution in [0.2, 0.25) is 0 Å². The van der Waals surface area contributed by atoms with Gasteiger partial charge in [0.2, 0.25) is 0 Å². The lowest BCUT2D eigenvalue weighted by Crippen LogP contribution is -2.03. The van der Waals surface area contributed by atoms with Gasteiger partial charge in [-0.1, -0.05) is 18.2 Å². The van der Waals surface area contributed by atoms with E-state index < -0.39 is 0 Å². The molecule has 0 spiro atoms. The molecule has 0 unspecified atom stereocenters. The molecular weight excluding hydrogens is 318 g/mol. The van der Waals surface area contributed by atoms with Crippen LogP contribution in [0.4, 0.5) is 5.69 Å². The van der Waals surface area contributed by atoms with Crippen LogP contribution in [0.3, 0.4) is 0 Å². The SMILES string of the molecule is COc1c(C)ccc(NCc2cccc(Br)c2O)c1C. The number of aromatic hydroxyl groups is 1. The molecule has 0 saturated heterocycles. The Kier molecular flexibility index (Phi) is 4.55. The van der Waals surface area contributed by atoms with Gasteiger partial charge in [0.25, 0.3) is 0 Å². The Balaban J connectivity index is 2.21. The van der Waals surface area contributed by atoms with Crippen molar-refractivity contribution in [1.82, 2.24) is 0 Å². The number of aryl methyl sites for hydroxylation is 1. The zero-order valence-corrected chi connectivity index (χ0v) is 13.4. The second-order valence-corrected chi connectivity index (χ2v) is 5.54. The lowest BCUT2D eigenvalue weighted by atomic mass is 10.1. The molecule has 0 aliphatic heterocycles. The van der Waals surface area contributed by atoms with Crippen molar-refractivity contribution in [3.05, 3.63) is 51.5 Å². The summed E-state index contributed by atoms with van der Waals surface area (Å²) in [6.45, 7) is 4.60. The van der Waals surface area contributed by atoms with E-state index in [2.05, 4.69) is 21.2 Å². The molecule has 0 bridgehead atoms. The van der Waals surface area contributed by atoms with Crippen LogP contribution < -0.4 is 10.1 Å². The second-order valence-electron chi connectivity index (χ2n) is 4.69. The van der Waals surface area contributed by atoms with E-state index in [-0.39, 0.29) is 5.75 Å². The number of phenols is 1. The van der Waals surface area contributed by atoms with Crippen molar-refractivity contribution in [3.63, 3.8) is 0 Å². The molecule has 20 heavy (non-hydrogen) atoms. The summed E-state index contributed by atoms with van der Waals surface area (Å²) in [5, 5.41) is 13.3. The third-order valence-electron chi connectivity index (χ3n) is 3.35. The largest absolute Gasteiger partial charge is 0.506 e. The van der Waals surface area contributed by atoms with Gasteiger partial charge in [-0.15, -0.1) is 0 Å². The highest BCUT2D eigenvalue weighted by Gasteiger charge is 2.09. The predicted octanol–water partition coefficient (Wildman–Crippen LogP) is 4.39. The highest BCUT2D eigenvalue weighted by atomic mass is 79.9. The number of benzene rings is 2. The summed E-state index contributed by atoms with van der Waals surface area (Å²) in [6.07, 6.45) is 0. The number of rotatable bonds is 4. The topological polar surface area (TPSA) is 41.5 Å². The van der Waals surface area contributed by atoms with E-state index in [0.29, 0.717) is 11.0 Å². The van der Waals surface area contributed by atoms with Crippen molar-refractivity contribution in [2.75, 3.05) is 12.4 Å². The van der Waals surface area contributed by atoms with Gasteiger partial charge in [0.05, 0.1) is 11.6 Å². The van der Waals surface area contributed by atoms with E-state index in [9.17, 15) is 5.11 Å². The molecule has 106 valence electrons. The lowest BCUT2D eigenvalue weighted by Gasteiger charge is -2.15. The Morgan fingerprint density at radius 2 is 1.95 bits per heavy atom. The maximum Gasteiger partial charge on any atom is 0.134 e. The van der Waals surface area contributed by atoms with E-state index in [1.807, 2.05) is 44.2 Å². The summed E-state index contributed by atoms with van der Waals surface area (Å²) in [5.74, 6) is 1.17. The summed E-state index contributed by atoms with van der Waals surface area (Å²) in [4.78, 5) is 0. The third kappa shape index (κ3) is 2.90. The first-order chi connectivity index (χ1) is 9.54. The van der Waals surface area contributed by atoms with Gasteiger partial charge in [-0.2, -0.15) is 0 Å². The number of nitrogens with one attached hydrogen (secondary N) is 1. The van der Waals surface area contributed by atoms with Crippen molar-refractivity contribution in [2.45, 2.75) is 20.4 Å². The molecule has 2 aromatic rings. The van der Waals surface area contributed by atoms with Gasteiger partial charge in [0, 0.05) is 23.4 Å². The maximum atomic E-state index is 9.98. The molecule has 0 aliphatic carbocycles. The predicted molar refractivity (Wildman–Crippen MR) is 85.6 cm³/mol. The summed E-state index contributed by atoms with van der Waals surface area (Å²) < 4.78 is 6.12. The van der Waals surface area contributed by atoms with Crippen LogP contribution in [0.25, 0.3) is 0 Å². The number of hydrogen-bond donors (Lipinski definition) is 2. The van der Waals surface area contributed by atoms with Crippen molar-refractivity contribution in [2.24, 2.45) is 0 Å². The van der Waals surface area contributed by atoms with Gasteiger partial charge in [0.1, 0.15) is 11.5 Å². The monoisotopic (exact) mass is 335 g/mol. The van der Waals surface area contributed by atoms with Crippen molar-refractivity contribution in [3.8, 4) is 11.5 Å². The number of anilines is 1. The zero-order chi connectivity index (χ0) is 14.7. The van der Waals surface area contributed by atoms with Crippen LogP contribution in [0.5, 0.6) is 11.5 Å². The number of ether oxygens (including phenoxy) is 1. The van der Waals surface area contributed by atoms with Gasteiger partial charge < -0.3 is 15.2 Å². The summed E-state index contributed by atoms with van der Waals surface area (Å²) in [7, 11) is 1.68. The molecule has 0 atom stereocenters. The Morgan fingerprint density at radius 1 is 1.20 bits per heavy atom. The number of methoxy groups -OCH3 is 1. The fourth-order valence-electron chi connectivity index (χ4n) is 2.23. The van der Waals surface area contributed by atoms with Crippen LogP contribution in [-0.2, 0) is 6.54 Å². The third-order valence-corrected chi connectivity index (χ3v) is 3.99. The molecule has 0 aromatic heterocycles. The Hall–Kier alpha value is -1.68. The normalized spacial score (nSPS) is 10.4. The molecule has 0 fully saturated rings. The second kappa shape index (κ2) is 6.18. The number of halogens is 1. The Labute approximate surface area is 127 Å². The van der Waals surface area contributed by atoms with E-state index >= 15 is 0 Å². The average molecular weight is 336 g/mol. The minimum absolute atomic E-state index is 0.275. The smallest absolute Gasteiger partial charge is 0.134 e. The molecule has 2 rings (SSSR count). The van der Waals surface area contributed by atoms with E-state index in [0.717, 1.165) is 28.1 Å². The van der Waals surface area contributed by atoms with Crippen LogP contribution >= 0.6 is 15.9 Å². The molecule has 4 heteroatoms. The fourth-order valence-corrected chi connectivity index (χ4v) is 2.63. The van der Waals surface area contributed by atoms with E-state index in [4.69, 9.17) is 4.74 Å². The lowest BCUT2D eigenvalue weighted by molar-refractivity contribution is 0.409. The van der Waals surface area contributed by atoms with Gasteiger partial charge in [-0.3, -0.25) is 0 Å². The summed E-state index contributed by atoms with van der Waals surface area (Å²) in [5.41, 5.74) is 4.04. The average Bonchev–Trinajstić information content (AvgIpc) is 2.43. The molecule has 2 N–H and O–H groups in total. The van der Waals surface area contributed by atoms with Gasteiger partial charge in [-0.25, -0.2) is 0 Å². The number of phenolic OH excluding ortho intramolecular Hbond substituents is 1. The van der Waals surface area contributed by atoms with Crippen LogP contribution in [0.15, 0.2) is 34.8 Å². The molecule has 0 amide bonds. The van der Waals surface area contributed by atoms with Crippen molar-refractivity contribution in [1.29, 1.82) is 0 Å². The Bertz CT molecular complexity index is 626. The molecule has 3 nitrogen and oxygen atoms in total. The molecule has 0 radical (unpaired) electrons. The molecule has 0 heterocycles. The van der Waals surface area contributed by atoms with Crippen LogP contribution in [-0.4, -0.2) is 12.2 Å². The minimum Gasteiger partial charge on any atom is -0.506 e. The van der Waals surface area contributed by atoms with E-state index in [1.54, 1.807) is 7.11 Å². The fraction of sp³-hybridized carbons (Fsp3) is 0.250. The number of para-hydroxylation sites is 1.